The second kappa shape index (κ2) is 9.35. The lowest BCUT2D eigenvalue weighted by Gasteiger charge is -2.33. The largest absolute Gasteiger partial charge is 0.375 e. The number of nitrogens with zero attached hydrogens (tertiary/aromatic N) is 2. The zero-order valence-electron chi connectivity index (χ0n) is 13.7. The summed E-state index contributed by atoms with van der Waals surface area (Å²) in [4.78, 5) is 16.2. The van der Waals surface area contributed by atoms with E-state index in [-0.39, 0.29) is 17.9 Å². The summed E-state index contributed by atoms with van der Waals surface area (Å²) < 4.78 is 5.83. The Morgan fingerprint density at radius 3 is 2.80 bits per heavy atom. The molecule has 1 atom stereocenters. The van der Waals surface area contributed by atoms with E-state index >= 15 is 0 Å². The fourth-order valence-electron chi connectivity index (χ4n) is 2.63. The molecule has 0 aromatic heterocycles. The van der Waals surface area contributed by atoms with Crippen molar-refractivity contribution in [2.75, 3.05) is 39.8 Å². The number of amides is 1. The minimum atomic E-state index is 0.0813. The summed E-state index contributed by atoms with van der Waals surface area (Å²) in [6.45, 7) is 11.0. The normalized spacial score (nSPS) is 20.4. The minimum absolute atomic E-state index is 0.0813. The summed E-state index contributed by atoms with van der Waals surface area (Å²) in [7, 11) is 1.89. The van der Waals surface area contributed by atoms with Crippen molar-refractivity contribution in [2.45, 2.75) is 52.6 Å². The zero-order valence-corrected chi connectivity index (χ0v) is 13.7. The van der Waals surface area contributed by atoms with E-state index in [0.717, 1.165) is 32.7 Å². The molecule has 1 amide bonds. The van der Waals surface area contributed by atoms with Crippen LogP contribution in [0.15, 0.2) is 0 Å². The lowest BCUT2D eigenvalue weighted by Crippen LogP contribution is -2.44. The van der Waals surface area contributed by atoms with Crippen molar-refractivity contribution in [3.8, 4) is 0 Å². The van der Waals surface area contributed by atoms with Crippen molar-refractivity contribution in [1.29, 1.82) is 0 Å². The van der Waals surface area contributed by atoms with Crippen LogP contribution >= 0.6 is 0 Å². The van der Waals surface area contributed by atoms with Crippen LogP contribution in [0.5, 0.6) is 0 Å². The van der Waals surface area contributed by atoms with Crippen molar-refractivity contribution in [2.24, 2.45) is 5.92 Å². The number of hydrogen-bond acceptors (Lipinski definition) is 3. The number of carbonyl (C=O) groups is 1. The topological polar surface area (TPSA) is 32.8 Å². The van der Waals surface area contributed by atoms with Crippen LogP contribution in [0.25, 0.3) is 0 Å². The van der Waals surface area contributed by atoms with Gasteiger partial charge in [0.1, 0.15) is 0 Å². The Labute approximate surface area is 124 Å². The molecule has 1 heterocycles. The molecule has 20 heavy (non-hydrogen) atoms. The van der Waals surface area contributed by atoms with Crippen LogP contribution in [0.3, 0.4) is 0 Å². The monoisotopic (exact) mass is 284 g/mol. The maximum atomic E-state index is 11.8. The fraction of sp³-hybridized carbons (Fsp3) is 0.938. The molecule has 0 aromatic rings. The molecule has 0 unspecified atom stereocenters. The lowest BCUT2D eigenvalue weighted by atomic mass is 10.1. The smallest absolute Gasteiger partial charge is 0.224 e. The average Bonchev–Trinajstić information content (AvgIpc) is 2.44. The van der Waals surface area contributed by atoms with Crippen LogP contribution in [0.2, 0.25) is 0 Å². The van der Waals surface area contributed by atoms with Gasteiger partial charge in [0.15, 0.2) is 0 Å². The van der Waals surface area contributed by atoms with Crippen molar-refractivity contribution in [3.63, 3.8) is 0 Å². The molecule has 1 aliphatic heterocycles. The van der Waals surface area contributed by atoms with E-state index in [1.54, 1.807) is 0 Å². The van der Waals surface area contributed by atoms with Gasteiger partial charge in [-0.3, -0.25) is 9.69 Å². The van der Waals surface area contributed by atoms with Gasteiger partial charge in [0.25, 0.3) is 0 Å². The first-order valence-electron chi connectivity index (χ1n) is 8.13. The molecule has 1 saturated heterocycles. The van der Waals surface area contributed by atoms with E-state index in [1.807, 2.05) is 25.8 Å². The molecule has 1 aliphatic rings. The number of unbranched alkanes of at least 4 members (excludes halogenated alkanes) is 2. The first-order chi connectivity index (χ1) is 9.54. The van der Waals surface area contributed by atoms with Crippen LogP contribution in [0, 0.1) is 5.92 Å². The maximum absolute atomic E-state index is 11.8. The molecule has 0 bridgehead atoms. The van der Waals surface area contributed by atoms with Gasteiger partial charge in [-0.15, -0.1) is 0 Å². The highest BCUT2D eigenvalue weighted by atomic mass is 16.5. The average molecular weight is 284 g/mol. The quantitative estimate of drug-likeness (QED) is 0.642. The molecule has 0 aromatic carbocycles. The Morgan fingerprint density at radius 1 is 1.40 bits per heavy atom. The van der Waals surface area contributed by atoms with Gasteiger partial charge in [-0.1, -0.05) is 33.6 Å². The molecule has 0 aliphatic carbocycles. The van der Waals surface area contributed by atoms with E-state index in [9.17, 15) is 4.79 Å². The summed E-state index contributed by atoms with van der Waals surface area (Å²) >= 11 is 0. The first-order valence-corrected chi connectivity index (χ1v) is 8.13. The Balaban J connectivity index is 2.24. The highest BCUT2D eigenvalue weighted by molar-refractivity contribution is 5.77. The number of hydrogen-bond donors (Lipinski definition) is 0. The van der Waals surface area contributed by atoms with Crippen LogP contribution < -0.4 is 0 Å². The lowest BCUT2D eigenvalue weighted by molar-refractivity contribution is -0.133. The zero-order chi connectivity index (χ0) is 15.0. The molecule has 1 fully saturated rings. The van der Waals surface area contributed by atoms with Crippen LogP contribution in [0.1, 0.15) is 46.5 Å². The van der Waals surface area contributed by atoms with E-state index in [1.165, 1.54) is 25.8 Å². The number of rotatable bonds is 8. The van der Waals surface area contributed by atoms with Crippen LogP contribution in [0.4, 0.5) is 0 Å². The predicted octanol–water partition coefficient (Wildman–Crippen LogP) is 2.38. The Bertz CT molecular complexity index is 282. The van der Waals surface area contributed by atoms with Gasteiger partial charge in [-0.25, -0.2) is 0 Å². The standard InChI is InChI=1S/C16H32N2O2/c1-5-6-7-9-18-11-12-20-15(13-18)8-10-17(4)16(19)14(2)3/h14-15H,5-13H2,1-4H3/t15-/m1/s1. The molecule has 4 nitrogen and oxygen atoms in total. The molecule has 0 N–H and O–H groups in total. The Kier molecular flexibility index (Phi) is 8.15. The number of carbonyl (C=O) groups excluding carboxylic acids is 1. The van der Waals surface area contributed by atoms with E-state index in [4.69, 9.17) is 4.74 Å². The summed E-state index contributed by atoms with van der Waals surface area (Å²) in [6.07, 6.45) is 5.10. The van der Waals surface area contributed by atoms with Gasteiger partial charge in [0, 0.05) is 32.6 Å². The number of morpholine rings is 1. The molecule has 4 heteroatoms. The van der Waals surface area contributed by atoms with E-state index in [2.05, 4.69) is 11.8 Å². The summed E-state index contributed by atoms with van der Waals surface area (Å²) in [6, 6.07) is 0. The highest BCUT2D eigenvalue weighted by Crippen LogP contribution is 2.11. The minimum Gasteiger partial charge on any atom is -0.375 e. The molecule has 0 radical (unpaired) electrons. The molecule has 0 saturated carbocycles. The van der Waals surface area contributed by atoms with Crippen LogP contribution in [-0.2, 0) is 9.53 Å². The van der Waals surface area contributed by atoms with Crippen molar-refractivity contribution in [1.82, 2.24) is 9.80 Å². The maximum Gasteiger partial charge on any atom is 0.224 e. The second-order valence-electron chi connectivity index (χ2n) is 6.20. The van der Waals surface area contributed by atoms with Gasteiger partial charge in [0.05, 0.1) is 12.7 Å². The second-order valence-corrected chi connectivity index (χ2v) is 6.20. The molecule has 0 spiro atoms. The third-order valence-electron chi connectivity index (χ3n) is 3.96. The summed E-state index contributed by atoms with van der Waals surface area (Å²) in [5.74, 6) is 0.304. The van der Waals surface area contributed by atoms with E-state index in [0.29, 0.717) is 0 Å². The predicted molar refractivity (Wildman–Crippen MR) is 82.8 cm³/mol. The van der Waals surface area contributed by atoms with Crippen molar-refractivity contribution < 1.29 is 9.53 Å². The Hall–Kier alpha value is -0.610. The van der Waals surface area contributed by atoms with Crippen molar-refractivity contribution >= 4 is 5.91 Å². The molecule has 1 rings (SSSR count). The van der Waals surface area contributed by atoms with Gasteiger partial charge < -0.3 is 9.64 Å². The van der Waals surface area contributed by atoms with Gasteiger partial charge in [-0.05, 0) is 19.4 Å². The molecule has 118 valence electrons. The van der Waals surface area contributed by atoms with Crippen molar-refractivity contribution in [3.05, 3.63) is 0 Å². The van der Waals surface area contributed by atoms with Gasteiger partial charge in [0.2, 0.25) is 5.91 Å². The van der Waals surface area contributed by atoms with Crippen LogP contribution in [-0.4, -0.2) is 61.6 Å². The number of ether oxygens (including phenoxy) is 1. The van der Waals surface area contributed by atoms with Gasteiger partial charge in [-0.2, -0.15) is 0 Å². The molecular weight excluding hydrogens is 252 g/mol. The Morgan fingerprint density at radius 2 is 2.15 bits per heavy atom. The third kappa shape index (κ3) is 6.23. The summed E-state index contributed by atoms with van der Waals surface area (Å²) in [5.41, 5.74) is 0. The summed E-state index contributed by atoms with van der Waals surface area (Å²) in [5, 5.41) is 0. The first kappa shape index (κ1) is 17.4. The SMILES string of the molecule is CCCCCN1CCO[C@H](CCN(C)C(=O)C(C)C)C1. The highest BCUT2D eigenvalue weighted by Gasteiger charge is 2.21. The third-order valence-corrected chi connectivity index (χ3v) is 3.96. The molecular formula is C16H32N2O2. The van der Waals surface area contributed by atoms with Gasteiger partial charge >= 0.3 is 0 Å². The van der Waals surface area contributed by atoms with E-state index < -0.39 is 0 Å². The fourth-order valence-corrected chi connectivity index (χ4v) is 2.63.